The van der Waals surface area contributed by atoms with Crippen LogP contribution >= 0.6 is 0 Å². The average molecular weight is 230 g/mol. The van der Waals surface area contributed by atoms with E-state index in [1.165, 1.54) is 19.3 Å². The standard InChI is InChI=1S/C13H18N4/c14-8-10-6-7-11(9-16-10)17-13-5-3-1-2-4-12(13)15/h6-7,9,12-13,17H,1-5,15H2. The normalized spacial score (nSPS) is 24.7. The molecule has 4 heteroatoms. The first-order valence-electron chi connectivity index (χ1n) is 6.18. The number of aromatic nitrogens is 1. The second kappa shape index (κ2) is 5.65. The van der Waals surface area contributed by atoms with Crippen molar-refractivity contribution in [2.75, 3.05) is 5.32 Å². The van der Waals surface area contributed by atoms with Gasteiger partial charge in [-0.15, -0.1) is 0 Å². The second-order valence-corrected chi connectivity index (χ2v) is 4.60. The Labute approximate surface area is 102 Å². The highest BCUT2D eigenvalue weighted by Crippen LogP contribution is 2.20. The zero-order valence-corrected chi connectivity index (χ0v) is 9.89. The Balaban J connectivity index is 2.01. The Bertz CT molecular complexity index is 393. The van der Waals surface area contributed by atoms with E-state index in [9.17, 15) is 0 Å². The third kappa shape index (κ3) is 3.18. The van der Waals surface area contributed by atoms with Crippen molar-refractivity contribution in [3.63, 3.8) is 0 Å². The van der Waals surface area contributed by atoms with Gasteiger partial charge in [0, 0.05) is 12.1 Å². The van der Waals surface area contributed by atoms with E-state index in [-0.39, 0.29) is 6.04 Å². The number of nitrogens with one attached hydrogen (secondary N) is 1. The summed E-state index contributed by atoms with van der Waals surface area (Å²) in [6, 6.07) is 6.17. The summed E-state index contributed by atoms with van der Waals surface area (Å²) in [5.74, 6) is 0. The molecule has 1 aliphatic rings. The minimum atomic E-state index is 0.216. The van der Waals surface area contributed by atoms with E-state index < -0.39 is 0 Å². The van der Waals surface area contributed by atoms with E-state index in [2.05, 4.69) is 10.3 Å². The molecule has 1 aliphatic carbocycles. The van der Waals surface area contributed by atoms with Crippen LogP contribution in [0.1, 0.15) is 37.8 Å². The lowest BCUT2D eigenvalue weighted by Crippen LogP contribution is -2.39. The number of nitrogens with zero attached hydrogens (tertiary/aromatic N) is 2. The van der Waals surface area contributed by atoms with Gasteiger partial charge < -0.3 is 11.1 Å². The first kappa shape index (κ1) is 11.9. The Morgan fingerprint density at radius 3 is 2.82 bits per heavy atom. The fraction of sp³-hybridized carbons (Fsp3) is 0.538. The van der Waals surface area contributed by atoms with Gasteiger partial charge in [-0.3, -0.25) is 0 Å². The Morgan fingerprint density at radius 1 is 1.29 bits per heavy atom. The molecule has 3 N–H and O–H groups in total. The summed E-state index contributed by atoms with van der Waals surface area (Å²) in [6.07, 6.45) is 7.64. The third-order valence-corrected chi connectivity index (χ3v) is 3.30. The molecular weight excluding hydrogens is 212 g/mol. The Morgan fingerprint density at radius 2 is 2.12 bits per heavy atom. The van der Waals surface area contributed by atoms with Gasteiger partial charge in [0.2, 0.25) is 0 Å². The Hall–Kier alpha value is -1.60. The summed E-state index contributed by atoms with van der Waals surface area (Å²) in [5, 5.41) is 12.1. The van der Waals surface area contributed by atoms with Crippen molar-refractivity contribution in [2.24, 2.45) is 5.73 Å². The molecule has 0 spiro atoms. The molecular formula is C13H18N4. The molecule has 0 saturated heterocycles. The third-order valence-electron chi connectivity index (χ3n) is 3.30. The number of pyridine rings is 1. The fourth-order valence-electron chi connectivity index (χ4n) is 2.27. The van der Waals surface area contributed by atoms with Crippen molar-refractivity contribution < 1.29 is 0 Å². The number of nitriles is 1. The van der Waals surface area contributed by atoms with Crippen molar-refractivity contribution in [2.45, 2.75) is 44.2 Å². The largest absolute Gasteiger partial charge is 0.380 e. The lowest BCUT2D eigenvalue weighted by atomic mass is 10.0. The zero-order valence-electron chi connectivity index (χ0n) is 9.89. The summed E-state index contributed by atoms with van der Waals surface area (Å²) in [7, 11) is 0. The van der Waals surface area contributed by atoms with E-state index in [0.717, 1.165) is 18.5 Å². The predicted molar refractivity (Wildman–Crippen MR) is 67.4 cm³/mol. The fourth-order valence-corrected chi connectivity index (χ4v) is 2.27. The van der Waals surface area contributed by atoms with Gasteiger partial charge in [-0.25, -0.2) is 4.98 Å². The lowest BCUT2D eigenvalue weighted by molar-refractivity contribution is 0.528. The van der Waals surface area contributed by atoms with Crippen molar-refractivity contribution >= 4 is 5.69 Å². The van der Waals surface area contributed by atoms with Crippen LogP contribution in [-0.2, 0) is 0 Å². The molecule has 2 rings (SSSR count). The van der Waals surface area contributed by atoms with E-state index in [4.69, 9.17) is 11.0 Å². The van der Waals surface area contributed by atoms with Crippen LogP contribution in [0.25, 0.3) is 0 Å². The van der Waals surface area contributed by atoms with Gasteiger partial charge in [-0.1, -0.05) is 19.3 Å². The maximum absolute atomic E-state index is 8.68. The highest BCUT2D eigenvalue weighted by Gasteiger charge is 2.19. The molecule has 4 nitrogen and oxygen atoms in total. The first-order chi connectivity index (χ1) is 8.29. The van der Waals surface area contributed by atoms with Crippen molar-refractivity contribution in [3.8, 4) is 6.07 Å². The molecule has 0 radical (unpaired) electrons. The molecule has 1 aromatic heterocycles. The van der Waals surface area contributed by atoms with E-state index >= 15 is 0 Å². The van der Waals surface area contributed by atoms with Crippen molar-refractivity contribution in [1.82, 2.24) is 4.98 Å². The number of anilines is 1. The molecule has 0 aromatic carbocycles. The molecule has 1 heterocycles. The van der Waals surface area contributed by atoms with Gasteiger partial charge >= 0.3 is 0 Å². The van der Waals surface area contributed by atoms with Crippen LogP contribution in [0, 0.1) is 11.3 Å². The van der Waals surface area contributed by atoms with Crippen LogP contribution in [0.2, 0.25) is 0 Å². The predicted octanol–water partition coefficient (Wildman–Crippen LogP) is 2.03. The second-order valence-electron chi connectivity index (χ2n) is 4.60. The van der Waals surface area contributed by atoms with E-state index in [0.29, 0.717) is 11.7 Å². The molecule has 2 unspecified atom stereocenters. The van der Waals surface area contributed by atoms with Crippen LogP contribution in [0.4, 0.5) is 5.69 Å². The number of rotatable bonds is 2. The maximum atomic E-state index is 8.68. The lowest BCUT2D eigenvalue weighted by Gasteiger charge is -2.23. The Kier molecular flexibility index (Phi) is 3.94. The highest BCUT2D eigenvalue weighted by molar-refractivity contribution is 5.43. The number of hydrogen-bond donors (Lipinski definition) is 2. The molecule has 0 bridgehead atoms. The average Bonchev–Trinajstić information content (AvgIpc) is 2.56. The van der Waals surface area contributed by atoms with Gasteiger partial charge in [-0.2, -0.15) is 5.26 Å². The molecule has 90 valence electrons. The van der Waals surface area contributed by atoms with Gasteiger partial charge in [0.25, 0.3) is 0 Å². The van der Waals surface area contributed by atoms with Gasteiger partial charge in [0.05, 0.1) is 11.9 Å². The summed E-state index contributed by atoms with van der Waals surface area (Å²) in [5.41, 5.74) is 7.54. The summed E-state index contributed by atoms with van der Waals surface area (Å²) < 4.78 is 0. The zero-order chi connectivity index (χ0) is 12.1. The van der Waals surface area contributed by atoms with E-state index in [1.807, 2.05) is 12.1 Å². The highest BCUT2D eigenvalue weighted by atomic mass is 15.0. The van der Waals surface area contributed by atoms with Crippen LogP contribution in [-0.4, -0.2) is 17.1 Å². The van der Waals surface area contributed by atoms with Crippen LogP contribution in [0.5, 0.6) is 0 Å². The molecule has 0 aliphatic heterocycles. The quantitative estimate of drug-likeness (QED) is 0.762. The van der Waals surface area contributed by atoms with Crippen molar-refractivity contribution in [3.05, 3.63) is 24.0 Å². The minimum Gasteiger partial charge on any atom is -0.380 e. The SMILES string of the molecule is N#Cc1ccc(NC2CCCCCC2N)cn1. The van der Waals surface area contributed by atoms with Crippen molar-refractivity contribution in [1.29, 1.82) is 5.26 Å². The monoisotopic (exact) mass is 230 g/mol. The summed E-state index contributed by atoms with van der Waals surface area (Å²) >= 11 is 0. The smallest absolute Gasteiger partial charge is 0.140 e. The number of hydrogen-bond acceptors (Lipinski definition) is 4. The van der Waals surface area contributed by atoms with E-state index in [1.54, 1.807) is 12.3 Å². The molecule has 1 saturated carbocycles. The number of nitrogens with two attached hydrogens (primary N) is 1. The maximum Gasteiger partial charge on any atom is 0.140 e. The van der Waals surface area contributed by atoms with Gasteiger partial charge in [-0.05, 0) is 25.0 Å². The molecule has 1 aromatic rings. The summed E-state index contributed by atoms with van der Waals surface area (Å²) in [6.45, 7) is 0. The molecule has 1 fully saturated rings. The van der Waals surface area contributed by atoms with Crippen LogP contribution in [0.3, 0.4) is 0 Å². The van der Waals surface area contributed by atoms with Crippen LogP contribution in [0.15, 0.2) is 18.3 Å². The van der Waals surface area contributed by atoms with Gasteiger partial charge in [0.1, 0.15) is 11.8 Å². The topological polar surface area (TPSA) is 74.7 Å². The van der Waals surface area contributed by atoms with Crippen LogP contribution < -0.4 is 11.1 Å². The molecule has 17 heavy (non-hydrogen) atoms. The molecule has 0 amide bonds. The minimum absolute atomic E-state index is 0.216. The first-order valence-corrected chi connectivity index (χ1v) is 6.18. The summed E-state index contributed by atoms with van der Waals surface area (Å²) in [4.78, 5) is 4.05. The van der Waals surface area contributed by atoms with Gasteiger partial charge in [0.15, 0.2) is 0 Å². The molecule has 2 atom stereocenters.